The van der Waals surface area contributed by atoms with Crippen molar-refractivity contribution in [1.29, 1.82) is 0 Å². The molecule has 4 heteroatoms. The highest BCUT2D eigenvalue weighted by Crippen LogP contribution is 2.24. The number of nitrogens with zero attached hydrogens (tertiary/aromatic N) is 1. The number of carbonyl (C=O) groups excluding carboxylic acids is 1. The largest absolute Gasteiger partial charge is 0.343 e. The van der Waals surface area contributed by atoms with Crippen LogP contribution in [0.15, 0.2) is 53.3 Å². The van der Waals surface area contributed by atoms with Crippen LogP contribution in [0.5, 0.6) is 0 Å². The lowest BCUT2D eigenvalue weighted by Crippen LogP contribution is -2.31. The van der Waals surface area contributed by atoms with Crippen molar-refractivity contribution in [3.05, 3.63) is 98.0 Å². The second kappa shape index (κ2) is 10.4. The van der Waals surface area contributed by atoms with Crippen LogP contribution in [0.25, 0.3) is 0 Å². The predicted molar refractivity (Wildman–Crippen MR) is 133 cm³/mol. The van der Waals surface area contributed by atoms with Gasteiger partial charge in [-0.15, -0.1) is 0 Å². The molecule has 4 nitrogen and oxygen atoms in total. The van der Waals surface area contributed by atoms with Gasteiger partial charge >= 0.3 is 0 Å². The molecule has 2 aromatic carbocycles. The van der Waals surface area contributed by atoms with E-state index in [0.717, 1.165) is 58.6 Å². The van der Waals surface area contributed by atoms with Crippen molar-refractivity contribution >= 4 is 11.6 Å². The van der Waals surface area contributed by atoms with Gasteiger partial charge < -0.3 is 9.88 Å². The maximum Gasteiger partial charge on any atom is 0.261 e. The number of aryl methyl sites for hydroxylation is 2. The van der Waals surface area contributed by atoms with Crippen molar-refractivity contribution in [2.45, 2.75) is 66.8 Å². The average Bonchev–Trinajstić information content (AvgIpc) is 2.81. The molecule has 0 saturated carbocycles. The van der Waals surface area contributed by atoms with Crippen LogP contribution in [0.1, 0.15) is 71.7 Å². The van der Waals surface area contributed by atoms with Crippen LogP contribution in [0.4, 0.5) is 5.69 Å². The van der Waals surface area contributed by atoms with Gasteiger partial charge in [0.15, 0.2) is 5.43 Å². The van der Waals surface area contributed by atoms with E-state index in [0.29, 0.717) is 13.0 Å². The Morgan fingerprint density at radius 1 is 0.844 bits per heavy atom. The molecule has 32 heavy (non-hydrogen) atoms. The second-order valence-electron chi connectivity index (χ2n) is 8.11. The first-order valence-electron chi connectivity index (χ1n) is 11.7. The Morgan fingerprint density at radius 3 is 2.00 bits per heavy atom. The highest BCUT2D eigenvalue weighted by Gasteiger charge is 2.23. The summed E-state index contributed by atoms with van der Waals surface area (Å²) < 4.78 is 2.15. The fraction of sp³-hybridized carbons (Fsp3) is 0.357. The molecule has 0 bridgehead atoms. The number of pyridine rings is 1. The van der Waals surface area contributed by atoms with Crippen LogP contribution in [-0.4, -0.2) is 10.5 Å². The summed E-state index contributed by atoms with van der Waals surface area (Å²) in [6.07, 6.45) is 2.97. The monoisotopic (exact) mass is 430 g/mol. The molecule has 1 N–H and O–H groups in total. The van der Waals surface area contributed by atoms with E-state index in [1.54, 1.807) is 0 Å². The van der Waals surface area contributed by atoms with Crippen molar-refractivity contribution in [1.82, 2.24) is 4.57 Å². The molecule has 0 fully saturated rings. The second-order valence-corrected chi connectivity index (χ2v) is 8.11. The fourth-order valence-corrected chi connectivity index (χ4v) is 4.54. The molecule has 3 aromatic rings. The highest BCUT2D eigenvalue weighted by molar-refractivity contribution is 6.06. The van der Waals surface area contributed by atoms with Crippen LogP contribution >= 0.6 is 0 Å². The molecule has 1 amide bonds. The van der Waals surface area contributed by atoms with Gasteiger partial charge in [0.1, 0.15) is 5.56 Å². The maximum atomic E-state index is 13.5. The van der Waals surface area contributed by atoms with Crippen molar-refractivity contribution in [2.24, 2.45) is 0 Å². The van der Waals surface area contributed by atoms with E-state index in [9.17, 15) is 9.59 Å². The van der Waals surface area contributed by atoms with Gasteiger partial charge in [-0.05, 0) is 49.3 Å². The fourth-order valence-electron chi connectivity index (χ4n) is 4.54. The third-order valence-electron chi connectivity index (χ3n) is 6.28. The van der Waals surface area contributed by atoms with Crippen molar-refractivity contribution in [2.75, 3.05) is 5.32 Å². The van der Waals surface area contributed by atoms with Crippen LogP contribution in [0.2, 0.25) is 0 Å². The Morgan fingerprint density at radius 2 is 1.47 bits per heavy atom. The zero-order chi connectivity index (χ0) is 23.3. The van der Waals surface area contributed by atoms with Gasteiger partial charge in [0, 0.05) is 29.2 Å². The normalized spacial score (nSPS) is 10.9. The summed E-state index contributed by atoms with van der Waals surface area (Å²) >= 11 is 0. The number of amides is 1. The summed E-state index contributed by atoms with van der Waals surface area (Å²) in [5.74, 6) is -0.317. The van der Waals surface area contributed by atoms with E-state index in [1.807, 2.05) is 50.2 Å². The zero-order valence-corrected chi connectivity index (χ0v) is 19.9. The number of hydrogen-bond acceptors (Lipinski definition) is 2. The summed E-state index contributed by atoms with van der Waals surface area (Å²) in [4.78, 5) is 27.0. The molecule has 0 atom stereocenters. The SMILES string of the molecule is CCc1cccc(CC)c1NC(=O)c1c(C)n(Cc2ccccc2)c(CC)c(CC)c1=O. The van der Waals surface area contributed by atoms with E-state index < -0.39 is 0 Å². The lowest BCUT2D eigenvalue weighted by Gasteiger charge is -2.22. The average molecular weight is 431 g/mol. The third kappa shape index (κ3) is 4.55. The standard InChI is InChI=1S/C28H34N2O2/c1-6-21-16-13-17-22(7-2)26(21)29-28(32)25-19(5)30(18-20-14-11-10-12-15-20)24(9-4)23(8-3)27(25)31/h10-17H,6-9,18H2,1-5H3,(H,29,32). The molecule has 0 aliphatic carbocycles. The summed E-state index contributed by atoms with van der Waals surface area (Å²) in [6.45, 7) is 10.7. The van der Waals surface area contributed by atoms with Crippen LogP contribution < -0.4 is 10.7 Å². The Hall–Kier alpha value is -3.14. The van der Waals surface area contributed by atoms with Crippen LogP contribution in [-0.2, 0) is 32.2 Å². The number of rotatable bonds is 8. The molecule has 1 aromatic heterocycles. The lowest BCUT2D eigenvalue weighted by atomic mass is 9.99. The van der Waals surface area contributed by atoms with Gasteiger partial charge in [-0.2, -0.15) is 0 Å². The topological polar surface area (TPSA) is 51.1 Å². The summed E-state index contributed by atoms with van der Waals surface area (Å²) in [7, 11) is 0. The molecule has 0 unspecified atom stereocenters. The van der Waals surface area contributed by atoms with Crippen LogP contribution in [0, 0.1) is 6.92 Å². The van der Waals surface area contributed by atoms with Crippen LogP contribution in [0.3, 0.4) is 0 Å². The predicted octanol–water partition coefficient (Wildman–Crippen LogP) is 5.71. The molecule has 3 rings (SSSR count). The number of para-hydroxylation sites is 1. The van der Waals surface area contributed by atoms with Gasteiger partial charge in [-0.3, -0.25) is 9.59 Å². The molecule has 0 aliphatic heterocycles. The minimum absolute atomic E-state index is 0.143. The Labute approximate surface area is 191 Å². The molecule has 0 spiro atoms. The molecule has 1 heterocycles. The zero-order valence-electron chi connectivity index (χ0n) is 19.9. The maximum absolute atomic E-state index is 13.5. The van der Waals surface area contributed by atoms with Gasteiger partial charge in [0.25, 0.3) is 5.91 Å². The van der Waals surface area contributed by atoms with Crippen molar-refractivity contribution in [3.63, 3.8) is 0 Å². The van der Waals surface area contributed by atoms with Gasteiger partial charge in [0.2, 0.25) is 0 Å². The number of aromatic nitrogens is 1. The number of nitrogens with one attached hydrogen (secondary N) is 1. The summed E-state index contributed by atoms with van der Waals surface area (Å²) in [6, 6.07) is 16.3. The first-order valence-corrected chi connectivity index (χ1v) is 11.7. The quantitative estimate of drug-likeness (QED) is 0.498. The number of anilines is 1. The Bertz CT molecular complexity index is 1140. The van der Waals surface area contributed by atoms with Gasteiger partial charge in [0.05, 0.1) is 0 Å². The molecular weight excluding hydrogens is 396 g/mol. The van der Waals surface area contributed by atoms with E-state index in [2.05, 4.69) is 42.8 Å². The molecular formula is C28H34N2O2. The molecule has 0 aliphatic rings. The number of benzene rings is 2. The van der Waals surface area contributed by atoms with E-state index in [4.69, 9.17) is 0 Å². The summed E-state index contributed by atoms with van der Waals surface area (Å²) in [5.41, 5.74) is 6.73. The number of hydrogen-bond donors (Lipinski definition) is 1. The van der Waals surface area contributed by atoms with E-state index >= 15 is 0 Å². The lowest BCUT2D eigenvalue weighted by molar-refractivity contribution is 0.102. The molecule has 0 radical (unpaired) electrons. The van der Waals surface area contributed by atoms with Gasteiger partial charge in [-0.1, -0.05) is 76.2 Å². The summed E-state index contributed by atoms with van der Waals surface area (Å²) in [5, 5.41) is 3.11. The smallest absolute Gasteiger partial charge is 0.261 e. The van der Waals surface area contributed by atoms with Gasteiger partial charge in [-0.25, -0.2) is 0 Å². The molecule has 0 saturated heterocycles. The van der Waals surface area contributed by atoms with Crippen molar-refractivity contribution < 1.29 is 4.79 Å². The minimum Gasteiger partial charge on any atom is -0.343 e. The Kier molecular flexibility index (Phi) is 7.68. The minimum atomic E-state index is -0.317. The third-order valence-corrected chi connectivity index (χ3v) is 6.28. The van der Waals surface area contributed by atoms with E-state index in [1.165, 1.54) is 0 Å². The number of carbonyl (C=O) groups is 1. The first kappa shape index (κ1) is 23.5. The van der Waals surface area contributed by atoms with Crippen molar-refractivity contribution in [3.8, 4) is 0 Å². The Balaban J connectivity index is 2.15. The molecule has 168 valence electrons. The van der Waals surface area contributed by atoms with E-state index in [-0.39, 0.29) is 16.9 Å². The highest BCUT2D eigenvalue weighted by atomic mass is 16.2. The first-order chi connectivity index (χ1) is 15.5.